The zero-order chi connectivity index (χ0) is 9.45. The number of ether oxygens (including phenoxy) is 1. The highest BCUT2D eigenvalue weighted by Gasteiger charge is 2.40. The van der Waals surface area contributed by atoms with Crippen LogP contribution in [0.4, 0.5) is 0 Å². The van der Waals surface area contributed by atoms with Crippen LogP contribution in [0.15, 0.2) is 0 Å². The summed E-state index contributed by atoms with van der Waals surface area (Å²) in [5.74, 6) is 0. The van der Waals surface area contributed by atoms with Crippen molar-refractivity contribution in [1.82, 2.24) is 0 Å². The molecule has 0 rings (SSSR count). The monoisotopic (exact) mass is 197 g/mol. The lowest BCUT2D eigenvalue weighted by atomic mass is 10.8. The summed E-state index contributed by atoms with van der Waals surface area (Å²) in [7, 11) is 2.68. The Bertz CT molecular complexity index is 97.3. The minimum absolute atomic E-state index is 0.611. The van der Waals surface area contributed by atoms with Crippen molar-refractivity contribution < 1.29 is 18.3 Å². The van der Waals surface area contributed by atoms with Gasteiger partial charge in [-0.3, -0.25) is 0 Å². The van der Waals surface area contributed by atoms with Crippen LogP contribution in [0.5, 0.6) is 0 Å². The molecular weight excluding hydrogens is 179 g/mol. The zero-order valence-electron chi connectivity index (χ0n) is 8.20. The Morgan fingerprint density at radius 3 is 1.83 bits per heavy atom. The molecule has 0 aromatic rings. The van der Waals surface area contributed by atoms with Crippen molar-refractivity contribution >= 4 is 7.94 Å². The smallest absolute Gasteiger partial charge is 0.378 e. The molecular formula is C7H18O4P+. The predicted octanol–water partition coefficient (Wildman–Crippen LogP) is 1.72. The molecule has 0 bridgehead atoms. The second kappa shape index (κ2) is 6.75. The number of rotatable bonds is 7. The van der Waals surface area contributed by atoms with E-state index in [2.05, 4.69) is 0 Å². The SMILES string of the molecule is CCOCC[P+](OC)(OC)OC. The van der Waals surface area contributed by atoms with Crippen LogP contribution in [0.2, 0.25) is 0 Å². The summed E-state index contributed by atoms with van der Waals surface area (Å²) in [6, 6.07) is 0. The van der Waals surface area contributed by atoms with Gasteiger partial charge in [-0.2, -0.15) is 13.6 Å². The van der Waals surface area contributed by atoms with Gasteiger partial charge in [-0.1, -0.05) is 0 Å². The molecule has 0 atom stereocenters. The molecule has 4 nitrogen and oxygen atoms in total. The van der Waals surface area contributed by atoms with Gasteiger partial charge in [-0.05, 0) is 6.92 Å². The van der Waals surface area contributed by atoms with Gasteiger partial charge in [0.1, 0.15) is 0 Å². The second-order valence-electron chi connectivity index (χ2n) is 2.08. The van der Waals surface area contributed by atoms with E-state index in [1.54, 1.807) is 21.3 Å². The lowest BCUT2D eigenvalue weighted by Gasteiger charge is -2.16. The standard InChI is InChI=1S/C7H18O4P/c1-5-11-6-7-12(8-2,9-3)10-4/h5-7H2,1-4H3/q+1. The first-order valence-corrected chi connectivity index (χ1v) is 5.60. The maximum Gasteiger partial charge on any atom is 0.412 e. The highest BCUT2D eigenvalue weighted by Crippen LogP contribution is 2.59. The van der Waals surface area contributed by atoms with Gasteiger partial charge >= 0.3 is 7.94 Å². The van der Waals surface area contributed by atoms with Crippen molar-refractivity contribution in [2.24, 2.45) is 0 Å². The Kier molecular flexibility index (Phi) is 6.90. The average molecular weight is 197 g/mol. The number of hydrogen-bond acceptors (Lipinski definition) is 4. The fourth-order valence-corrected chi connectivity index (χ4v) is 2.17. The molecule has 74 valence electrons. The molecule has 0 saturated carbocycles. The van der Waals surface area contributed by atoms with E-state index in [9.17, 15) is 0 Å². The van der Waals surface area contributed by atoms with E-state index in [1.807, 2.05) is 6.92 Å². The van der Waals surface area contributed by atoms with Crippen LogP contribution < -0.4 is 0 Å². The van der Waals surface area contributed by atoms with E-state index < -0.39 is 7.94 Å². The Hall–Kier alpha value is 0.270. The number of hydrogen-bond donors (Lipinski definition) is 0. The van der Waals surface area contributed by atoms with Crippen molar-refractivity contribution in [2.75, 3.05) is 40.7 Å². The van der Waals surface area contributed by atoms with Gasteiger partial charge in [0, 0.05) is 6.61 Å². The molecule has 0 aliphatic carbocycles. The van der Waals surface area contributed by atoms with E-state index in [1.165, 1.54) is 0 Å². The van der Waals surface area contributed by atoms with E-state index in [0.29, 0.717) is 19.4 Å². The average Bonchev–Trinajstić information content (AvgIpc) is 2.14. The molecule has 0 spiro atoms. The van der Waals surface area contributed by atoms with E-state index in [-0.39, 0.29) is 0 Å². The maximum absolute atomic E-state index is 5.18. The molecule has 0 aromatic heterocycles. The molecule has 0 heterocycles. The highest BCUT2D eigenvalue weighted by atomic mass is 31.2. The summed E-state index contributed by atoms with van der Waals surface area (Å²) >= 11 is 0. The van der Waals surface area contributed by atoms with Gasteiger partial charge in [0.25, 0.3) is 0 Å². The Morgan fingerprint density at radius 1 is 1.00 bits per heavy atom. The van der Waals surface area contributed by atoms with Gasteiger partial charge in [-0.15, -0.1) is 0 Å². The fourth-order valence-electron chi connectivity index (χ4n) is 0.818. The minimum Gasteiger partial charge on any atom is -0.378 e. The summed E-state index contributed by atoms with van der Waals surface area (Å²) in [4.78, 5) is 0. The summed E-state index contributed by atoms with van der Waals surface area (Å²) in [5.41, 5.74) is 0. The molecule has 0 radical (unpaired) electrons. The van der Waals surface area contributed by atoms with Crippen molar-refractivity contribution in [3.63, 3.8) is 0 Å². The largest absolute Gasteiger partial charge is 0.412 e. The molecule has 0 fully saturated rings. The third kappa shape index (κ3) is 3.78. The van der Waals surface area contributed by atoms with Crippen LogP contribution in [0, 0.1) is 0 Å². The quantitative estimate of drug-likeness (QED) is 0.460. The highest BCUT2D eigenvalue weighted by molar-refractivity contribution is 7.61. The van der Waals surface area contributed by atoms with Gasteiger partial charge < -0.3 is 4.74 Å². The Morgan fingerprint density at radius 2 is 1.50 bits per heavy atom. The Labute approximate surface area is 74.7 Å². The lowest BCUT2D eigenvalue weighted by molar-refractivity contribution is 0.146. The normalized spacial score (nSPS) is 12.0. The first kappa shape index (κ1) is 12.3. The van der Waals surface area contributed by atoms with E-state index in [4.69, 9.17) is 18.3 Å². The van der Waals surface area contributed by atoms with Crippen molar-refractivity contribution in [3.8, 4) is 0 Å². The first-order chi connectivity index (χ1) is 5.74. The molecule has 0 saturated heterocycles. The first-order valence-electron chi connectivity index (χ1n) is 3.87. The van der Waals surface area contributed by atoms with Crippen molar-refractivity contribution in [2.45, 2.75) is 6.92 Å². The molecule has 5 heteroatoms. The summed E-state index contributed by atoms with van der Waals surface area (Å²) in [6.07, 6.45) is 0.671. The lowest BCUT2D eigenvalue weighted by Crippen LogP contribution is -2.10. The molecule has 0 aromatic carbocycles. The summed E-state index contributed by atoms with van der Waals surface area (Å²) in [6.45, 7) is 3.27. The maximum atomic E-state index is 5.18. The summed E-state index contributed by atoms with van der Waals surface area (Å²) < 4.78 is 20.7. The third-order valence-electron chi connectivity index (χ3n) is 1.55. The van der Waals surface area contributed by atoms with Gasteiger partial charge in [0.05, 0.1) is 27.9 Å². The van der Waals surface area contributed by atoms with E-state index >= 15 is 0 Å². The third-order valence-corrected chi connectivity index (χ3v) is 3.95. The van der Waals surface area contributed by atoms with Gasteiger partial charge in [0.15, 0.2) is 6.16 Å². The minimum atomic E-state index is -2.09. The molecule has 0 unspecified atom stereocenters. The van der Waals surface area contributed by atoms with Crippen LogP contribution in [-0.4, -0.2) is 40.7 Å². The van der Waals surface area contributed by atoms with Crippen molar-refractivity contribution in [3.05, 3.63) is 0 Å². The van der Waals surface area contributed by atoms with Crippen molar-refractivity contribution in [1.29, 1.82) is 0 Å². The zero-order valence-corrected chi connectivity index (χ0v) is 9.10. The molecule has 0 aliphatic rings. The van der Waals surface area contributed by atoms with Crippen LogP contribution in [-0.2, 0) is 18.3 Å². The molecule has 12 heavy (non-hydrogen) atoms. The fraction of sp³-hybridized carbons (Fsp3) is 1.00. The van der Waals surface area contributed by atoms with Crippen LogP contribution in [0.1, 0.15) is 6.92 Å². The molecule has 0 N–H and O–H groups in total. The van der Waals surface area contributed by atoms with Gasteiger partial charge in [-0.25, -0.2) is 0 Å². The van der Waals surface area contributed by atoms with Crippen LogP contribution in [0.3, 0.4) is 0 Å². The van der Waals surface area contributed by atoms with Crippen LogP contribution >= 0.6 is 7.94 Å². The predicted molar refractivity (Wildman–Crippen MR) is 49.3 cm³/mol. The summed E-state index contributed by atoms with van der Waals surface area (Å²) in [5, 5.41) is 0. The molecule has 0 aliphatic heterocycles. The second-order valence-corrected chi connectivity index (χ2v) is 4.84. The Balaban J connectivity index is 3.76. The van der Waals surface area contributed by atoms with Crippen LogP contribution in [0.25, 0.3) is 0 Å². The topological polar surface area (TPSA) is 36.9 Å². The van der Waals surface area contributed by atoms with Gasteiger partial charge in [0.2, 0.25) is 0 Å². The molecule has 0 amide bonds. The van der Waals surface area contributed by atoms with E-state index in [0.717, 1.165) is 0 Å².